The average molecular weight is 324 g/mol. The number of β-amino-alcohol motifs (C(OH)–C–C–N with tert-alkyl or cyclic N) is 1. The van der Waals surface area contributed by atoms with Crippen LogP contribution in [0.4, 0.5) is 5.13 Å². The summed E-state index contributed by atoms with van der Waals surface area (Å²) in [5, 5.41) is 11.9. The number of aromatic nitrogens is 1. The van der Waals surface area contributed by atoms with Gasteiger partial charge in [0.25, 0.3) is 0 Å². The molecule has 122 valence electrons. The van der Waals surface area contributed by atoms with E-state index in [2.05, 4.69) is 20.2 Å². The summed E-state index contributed by atoms with van der Waals surface area (Å²) in [6.07, 6.45) is 2.20. The highest BCUT2D eigenvalue weighted by molar-refractivity contribution is 7.14. The van der Waals surface area contributed by atoms with E-state index in [1.54, 1.807) is 18.3 Å². The lowest BCUT2D eigenvalue weighted by molar-refractivity contribution is -0.116. The van der Waals surface area contributed by atoms with Crippen molar-refractivity contribution in [3.8, 4) is 0 Å². The van der Waals surface area contributed by atoms with Gasteiger partial charge in [-0.2, -0.15) is 0 Å². The van der Waals surface area contributed by atoms with E-state index in [4.69, 9.17) is 5.11 Å². The number of piperazine rings is 1. The van der Waals surface area contributed by atoms with Crippen LogP contribution in [0.2, 0.25) is 0 Å². The molecular weight excluding hydrogens is 300 g/mol. The van der Waals surface area contributed by atoms with Crippen LogP contribution >= 0.6 is 11.3 Å². The molecule has 1 aliphatic carbocycles. The van der Waals surface area contributed by atoms with Gasteiger partial charge in [-0.3, -0.25) is 19.5 Å². The predicted molar refractivity (Wildman–Crippen MR) is 87.1 cm³/mol. The molecule has 22 heavy (non-hydrogen) atoms. The van der Waals surface area contributed by atoms with E-state index in [-0.39, 0.29) is 12.5 Å². The van der Waals surface area contributed by atoms with E-state index in [1.165, 1.54) is 0 Å². The maximum absolute atomic E-state index is 11.8. The van der Waals surface area contributed by atoms with E-state index < -0.39 is 0 Å². The molecule has 2 fully saturated rings. The van der Waals surface area contributed by atoms with E-state index in [0.29, 0.717) is 6.04 Å². The Morgan fingerprint density at radius 3 is 2.64 bits per heavy atom. The fourth-order valence-electron chi connectivity index (χ4n) is 2.90. The first-order valence-corrected chi connectivity index (χ1v) is 8.85. The van der Waals surface area contributed by atoms with E-state index >= 15 is 0 Å². The first-order chi connectivity index (χ1) is 10.7. The normalized spacial score (nSPS) is 20.3. The van der Waals surface area contributed by atoms with Crippen molar-refractivity contribution in [2.75, 3.05) is 44.2 Å². The smallest absolute Gasteiger partial charge is 0.225 e. The lowest BCUT2D eigenvalue weighted by Crippen LogP contribution is -2.46. The number of amides is 1. The zero-order chi connectivity index (χ0) is 15.5. The van der Waals surface area contributed by atoms with Gasteiger partial charge in [0, 0.05) is 57.6 Å². The Hall–Kier alpha value is -1.02. The van der Waals surface area contributed by atoms with Crippen molar-refractivity contribution in [3.05, 3.63) is 11.1 Å². The summed E-state index contributed by atoms with van der Waals surface area (Å²) < 4.78 is 0. The van der Waals surface area contributed by atoms with Crippen LogP contribution in [-0.4, -0.2) is 71.2 Å². The molecule has 3 rings (SSSR count). The minimum Gasteiger partial charge on any atom is -0.395 e. The van der Waals surface area contributed by atoms with E-state index in [9.17, 15) is 4.79 Å². The van der Waals surface area contributed by atoms with Crippen LogP contribution in [0, 0.1) is 0 Å². The van der Waals surface area contributed by atoms with Gasteiger partial charge < -0.3 is 5.11 Å². The minimum absolute atomic E-state index is 0.0982. The highest BCUT2D eigenvalue weighted by atomic mass is 32.1. The summed E-state index contributed by atoms with van der Waals surface area (Å²) in [5.41, 5.74) is 1.06. The number of carbonyl (C=O) groups excluding carboxylic acids is 1. The van der Waals surface area contributed by atoms with Crippen LogP contribution in [0.1, 0.15) is 25.5 Å². The molecule has 0 unspecified atom stereocenters. The van der Waals surface area contributed by atoms with Crippen LogP contribution in [0.15, 0.2) is 5.38 Å². The van der Waals surface area contributed by atoms with Crippen molar-refractivity contribution < 1.29 is 9.90 Å². The number of aliphatic hydroxyl groups is 1. The van der Waals surface area contributed by atoms with E-state index in [1.807, 2.05) is 4.90 Å². The van der Waals surface area contributed by atoms with Gasteiger partial charge in [0.05, 0.1) is 12.3 Å². The number of hydrogen-bond donors (Lipinski definition) is 1. The first kappa shape index (κ1) is 15.9. The minimum atomic E-state index is 0.0982. The molecule has 1 N–H and O–H groups in total. The Balaban J connectivity index is 1.55. The van der Waals surface area contributed by atoms with Crippen LogP contribution in [0.3, 0.4) is 0 Å². The second-order valence-electron chi connectivity index (χ2n) is 6.08. The SMILES string of the molecule is CC(=O)N(c1nc(CN2CCN(CCO)CC2)cs1)C1CC1. The molecule has 1 saturated carbocycles. The second-order valence-corrected chi connectivity index (χ2v) is 6.92. The van der Waals surface area contributed by atoms with Gasteiger partial charge in [-0.05, 0) is 12.8 Å². The molecule has 1 aliphatic heterocycles. The molecule has 1 aromatic heterocycles. The maximum Gasteiger partial charge on any atom is 0.225 e. The molecular formula is C15H24N4O2S. The molecule has 6 nitrogen and oxygen atoms in total. The third-order valence-corrected chi connectivity index (χ3v) is 5.15. The molecule has 1 aromatic rings. The molecule has 0 bridgehead atoms. The highest BCUT2D eigenvalue weighted by Crippen LogP contribution is 2.33. The Labute approximate surface area is 135 Å². The van der Waals surface area contributed by atoms with Crippen molar-refractivity contribution in [3.63, 3.8) is 0 Å². The van der Waals surface area contributed by atoms with Crippen molar-refractivity contribution in [1.82, 2.24) is 14.8 Å². The Bertz CT molecular complexity index is 509. The van der Waals surface area contributed by atoms with Crippen LogP contribution in [0.25, 0.3) is 0 Å². The number of anilines is 1. The second kappa shape index (κ2) is 7.04. The number of carbonyl (C=O) groups is 1. The van der Waals surface area contributed by atoms with Crippen molar-refractivity contribution >= 4 is 22.4 Å². The number of aliphatic hydroxyl groups excluding tert-OH is 1. The Kier molecular flexibility index (Phi) is 5.07. The molecule has 2 aliphatic rings. The van der Waals surface area contributed by atoms with Crippen LogP contribution < -0.4 is 4.90 Å². The van der Waals surface area contributed by atoms with Gasteiger partial charge >= 0.3 is 0 Å². The summed E-state index contributed by atoms with van der Waals surface area (Å²) in [6, 6.07) is 0.374. The summed E-state index contributed by atoms with van der Waals surface area (Å²) in [4.78, 5) is 23.0. The maximum atomic E-state index is 11.8. The zero-order valence-corrected chi connectivity index (χ0v) is 13.9. The van der Waals surface area contributed by atoms with Crippen molar-refractivity contribution in [2.24, 2.45) is 0 Å². The fraction of sp³-hybridized carbons (Fsp3) is 0.733. The monoisotopic (exact) mass is 324 g/mol. The summed E-state index contributed by atoms with van der Waals surface area (Å²) in [7, 11) is 0. The van der Waals surface area contributed by atoms with Gasteiger partial charge in [-0.15, -0.1) is 11.3 Å². The molecule has 7 heteroatoms. The molecule has 0 atom stereocenters. The number of thiazole rings is 1. The summed E-state index contributed by atoms with van der Waals surface area (Å²) in [6.45, 7) is 7.48. The van der Waals surface area contributed by atoms with Crippen molar-refractivity contribution in [2.45, 2.75) is 32.4 Å². The zero-order valence-electron chi connectivity index (χ0n) is 13.1. The lowest BCUT2D eigenvalue weighted by atomic mass is 10.3. The Morgan fingerprint density at radius 1 is 1.36 bits per heavy atom. The summed E-state index contributed by atoms with van der Waals surface area (Å²) in [5.74, 6) is 0.0982. The first-order valence-electron chi connectivity index (χ1n) is 7.97. The molecule has 0 radical (unpaired) electrons. The number of hydrogen-bond acceptors (Lipinski definition) is 6. The average Bonchev–Trinajstić information content (AvgIpc) is 3.21. The number of rotatable bonds is 6. The molecule has 1 saturated heterocycles. The van der Waals surface area contributed by atoms with Gasteiger partial charge in [0.15, 0.2) is 5.13 Å². The van der Waals surface area contributed by atoms with Gasteiger partial charge in [0.2, 0.25) is 5.91 Å². The van der Waals surface area contributed by atoms with Crippen molar-refractivity contribution in [1.29, 1.82) is 0 Å². The third kappa shape index (κ3) is 3.84. The molecule has 0 aromatic carbocycles. The predicted octanol–water partition coefficient (Wildman–Crippen LogP) is 0.768. The largest absolute Gasteiger partial charge is 0.395 e. The number of nitrogens with zero attached hydrogens (tertiary/aromatic N) is 4. The quantitative estimate of drug-likeness (QED) is 0.837. The standard InChI is InChI=1S/C15H24N4O2S/c1-12(21)19(14-2-3-14)15-16-13(11-22-15)10-18-6-4-17(5-7-18)8-9-20/h11,14,20H,2-10H2,1H3. The van der Waals surface area contributed by atoms with Gasteiger partial charge in [-0.25, -0.2) is 4.98 Å². The molecule has 0 spiro atoms. The fourth-order valence-corrected chi connectivity index (χ4v) is 3.83. The van der Waals surface area contributed by atoms with Crippen LogP contribution in [0.5, 0.6) is 0 Å². The third-order valence-electron chi connectivity index (χ3n) is 4.26. The van der Waals surface area contributed by atoms with Crippen LogP contribution in [-0.2, 0) is 11.3 Å². The highest BCUT2D eigenvalue weighted by Gasteiger charge is 2.33. The lowest BCUT2D eigenvalue weighted by Gasteiger charge is -2.33. The van der Waals surface area contributed by atoms with E-state index in [0.717, 1.165) is 62.9 Å². The summed E-state index contributed by atoms with van der Waals surface area (Å²) >= 11 is 1.58. The topological polar surface area (TPSA) is 59.9 Å². The Morgan fingerprint density at radius 2 is 2.05 bits per heavy atom. The van der Waals surface area contributed by atoms with Gasteiger partial charge in [-0.1, -0.05) is 0 Å². The molecule has 2 heterocycles. The molecule has 1 amide bonds. The van der Waals surface area contributed by atoms with Gasteiger partial charge in [0.1, 0.15) is 0 Å².